The van der Waals surface area contributed by atoms with Crippen LogP contribution in [0.5, 0.6) is 0 Å². The lowest BCUT2D eigenvalue weighted by Crippen LogP contribution is -2.36. The molecule has 1 aromatic rings. The fraction of sp³-hybridized carbons (Fsp3) is 0.615. The molecule has 0 aliphatic rings. The Labute approximate surface area is 117 Å². The second kappa shape index (κ2) is 6.65. The Morgan fingerprint density at radius 3 is 2.47 bits per heavy atom. The van der Waals surface area contributed by atoms with Crippen molar-refractivity contribution in [2.45, 2.75) is 46.6 Å². The van der Waals surface area contributed by atoms with E-state index >= 15 is 0 Å². The highest BCUT2D eigenvalue weighted by molar-refractivity contribution is 7.09. The van der Waals surface area contributed by atoms with E-state index < -0.39 is 11.4 Å². The van der Waals surface area contributed by atoms with Crippen LogP contribution in [0.1, 0.15) is 43.7 Å². The summed E-state index contributed by atoms with van der Waals surface area (Å²) >= 11 is 1.49. The molecule has 5 nitrogen and oxygen atoms in total. The van der Waals surface area contributed by atoms with Crippen molar-refractivity contribution in [1.29, 1.82) is 0 Å². The van der Waals surface area contributed by atoms with E-state index in [1.54, 1.807) is 19.4 Å². The molecule has 19 heavy (non-hydrogen) atoms. The Morgan fingerprint density at radius 1 is 1.42 bits per heavy atom. The van der Waals surface area contributed by atoms with Crippen LogP contribution in [0.4, 0.5) is 0 Å². The highest BCUT2D eigenvalue weighted by atomic mass is 32.1. The molecule has 0 aromatic carbocycles. The van der Waals surface area contributed by atoms with Gasteiger partial charge in [-0.15, -0.1) is 11.3 Å². The molecular formula is C13H20N2O3S. The largest absolute Gasteiger partial charge is 0.481 e. The van der Waals surface area contributed by atoms with Gasteiger partial charge in [0.1, 0.15) is 0 Å². The van der Waals surface area contributed by atoms with Crippen molar-refractivity contribution in [3.63, 3.8) is 0 Å². The molecule has 2 N–H and O–H groups in total. The predicted molar refractivity (Wildman–Crippen MR) is 74.0 cm³/mol. The van der Waals surface area contributed by atoms with Crippen LogP contribution in [0.2, 0.25) is 0 Å². The molecule has 0 aliphatic carbocycles. The van der Waals surface area contributed by atoms with E-state index in [0.717, 1.165) is 10.6 Å². The van der Waals surface area contributed by atoms with Gasteiger partial charge in [0.15, 0.2) is 0 Å². The van der Waals surface area contributed by atoms with Gasteiger partial charge in [-0.2, -0.15) is 0 Å². The number of carbonyl (C=O) groups is 2. The number of thiazole rings is 1. The minimum absolute atomic E-state index is 0.0210. The summed E-state index contributed by atoms with van der Waals surface area (Å²) in [5.74, 6) is -1.12. The van der Waals surface area contributed by atoms with Crippen LogP contribution in [-0.4, -0.2) is 22.0 Å². The van der Waals surface area contributed by atoms with Gasteiger partial charge in [-0.05, 0) is 19.8 Å². The monoisotopic (exact) mass is 284 g/mol. The fourth-order valence-corrected chi connectivity index (χ4v) is 2.64. The molecule has 1 amide bonds. The minimum Gasteiger partial charge on any atom is -0.481 e. The number of amides is 1. The molecule has 6 heteroatoms. The zero-order chi connectivity index (χ0) is 14.5. The maximum absolute atomic E-state index is 11.9. The van der Waals surface area contributed by atoms with Crippen molar-refractivity contribution in [2.24, 2.45) is 5.41 Å². The van der Waals surface area contributed by atoms with E-state index in [9.17, 15) is 14.7 Å². The second-order valence-corrected chi connectivity index (χ2v) is 5.55. The molecule has 0 atom stereocenters. The van der Waals surface area contributed by atoms with Gasteiger partial charge in [0.25, 0.3) is 0 Å². The zero-order valence-electron chi connectivity index (χ0n) is 11.5. The van der Waals surface area contributed by atoms with Gasteiger partial charge in [-0.3, -0.25) is 9.59 Å². The molecule has 0 spiro atoms. The van der Waals surface area contributed by atoms with E-state index in [-0.39, 0.29) is 12.3 Å². The average molecular weight is 284 g/mol. The summed E-state index contributed by atoms with van der Waals surface area (Å²) in [5.41, 5.74) is 1.68. The Kier molecular flexibility index (Phi) is 5.47. The molecule has 0 fully saturated rings. The Bertz CT molecular complexity index is 452. The second-order valence-electron chi connectivity index (χ2n) is 4.61. The van der Waals surface area contributed by atoms with Crippen molar-refractivity contribution < 1.29 is 14.7 Å². The van der Waals surface area contributed by atoms with Gasteiger partial charge in [0.05, 0.1) is 23.2 Å². The zero-order valence-corrected chi connectivity index (χ0v) is 12.3. The lowest BCUT2D eigenvalue weighted by Gasteiger charge is -2.25. The number of aryl methyl sites for hydroxylation is 1. The summed E-state index contributed by atoms with van der Waals surface area (Å²) in [7, 11) is 0. The predicted octanol–water partition coefficient (Wildman–Crippen LogP) is 2.35. The van der Waals surface area contributed by atoms with Crippen LogP contribution in [0.15, 0.2) is 5.51 Å². The third-order valence-electron chi connectivity index (χ3n) is 3.60. The maximum atomic E-state index is 11.9. The van der Waals surface area contributed by atoms with Gasteiger partial charge in [-0.25, -0.2) is 4.98 Å². The summed E-state index contributed by atoms with van der Waals surface area (Å²) < 4.78 is 0. The molecule has 0 saturated heterocycles. The summed E-state index contributed by atoms with van der Waals surface area (Å²) in [5, 5.41) is 12.1. The van der Waals surface area contributed by atoms with Crippen molar-refractivity contribution >= 4 is 23.2 Å². The standard InChI is InChI=1S/C13H20N2O3S/c1-4-13(5-2,12(17)18)6-11(16)14-7-10-9(3)15-8-19-10/h8H,4-7H2,1-3H3,(H,14,16)(H,17,18). The highest BCUT2D eigenvalue weighted by Crippen LogP contribution is 2.30. The first kappa shape index (κ1) is 15.6. The number of rotatable bonds is 7. The lowest BCUT2D eigenvalue weighted by molar-refractivity contribution is -0.152. The van der Waals surface area contributed by atoms with Gasteiger partial charge in [-0.1, -0.05) is 13.8 Å². The molecular weight excluding hydrogens is 264 g/mol. The molecule has 0 radical (unpaired) electrons. The van der Waals surface area contributed by atoms with E-state index in [0.29, 0.717) is 19.4 Å². The first-order valence-corrected chi connectivity index (χ1v) is 7.22. The van der Waals surface area contributed by atoms with Crippen LogP contribution in [0.3, 0.4) is 0 Å². The number of aliphatic carboxylic acids is 1. The van der Waals surface area contributed by atoms with Gasteiger partial charge >= 0.3 is 5.97 Å². The van der Waals surface area contributed by atoms with Crippen LogP contribution in [0, 0.1) is 12.3 Å². The van der Waals surface area contributed by atoms with E-state index in [1.807, 2.05) is 6.92 Å². The van der Waals surface area contributed by atoms with Gasteiger partial charge in [0, 0.05) is 11.3 Å². The summed E-state index contributed by atoms with van der Waals surface area (Å²) in [6.45, 7) is 5.91. The first-order chi connectivity index (χ1) is 8.95. The number of nitrogens with one attached hydrogen (secondary N) is 1. The molecule has 0 bridgehead atoms. The lowest BCUT2D eigenvalue weighted by atomic mass is 9.79. The van der Waals surface area contributed by atoms with Crippen molar-refractivity contribution in [3.8, 4) is 0 Å². The van der Waals surface area contributed by atoms with Crippen LogP contribution in [0.25, 0.3) is 0 Å². The van der Waals surface area contributed by atoms with E-state index in [1.165, 1.54) is 11.3 Å². The molecule has 1 rings (SSSR count). The van der Waals surface area contributed by atoms with Crippen molar-refractivity contribution in [1.82, 2.24) is 10.3 Å². The Balaban J connectivity index is 2.59. The van der Waals surface area contributed by atoms with Gasteiger partial charge in [0.2, 0.25) is 5.91 Å². The molecule has 0 unspecified atom stereocenters. The summed E-state index contributed by atoms with van der Waals surface area (Å²) in [6.07, 6.45) is 0.921. The smallest absolute Gasteiger partial charge is 0.310 e. The highest BCUT2D eigenvalue weighted by Gasteiger charge is 2.37. The van der Waals surface area contributed by atoms with Crippen LogP contribution in [-0.2, 0) is 16.1 Å². The van der Waals surface area contributed by atoms with Crippen LogP contribution < -0.4 is 5.32 Å². The average Bonchev–Trinajstić information content (AvgIpc) is 2.79. The summed E-state index contributed by atoms with van der Waals surface area (Å²) in [6, 6.07) is 0. The molecule has 1 aromatic heterocycles. The third kappa shape index (κ3) is 3.76. The molecule has 1 heterocycles. The third-order valence-corrected chi connectivity index (χ3v) is 4.53. The van der Waals surface area contributed by atoms with Crippen LogP contribution >= 0.6 is 11.3 Å². The van der Waals surface area contributed by atoms with Gasteiger partial charge < -0.3 is 10.4 Å². The normalized spacial score (nSPS) is 11.3. The van der Waals surface area contributed by atoms with Crippen molar-refractivity contribution in [2.75, 3.05) is 0 Å². The van der Waals surface area contributed by atoms with Crippen molar-refractivity contribution in [3.05, 3.63) is 16.1 Å². The minimum atomic E-state index is -0.952. The number of carbonyl (C=O) groups excluding carboxylic acids is 1. The SMILES string of the molecule is CCC(CC)(CC(=O)NCc1scnc1C)C(=O)O. The Hall–Kier alpha value is -1.43. The number of carboxylic acids is 1. The first-order valence-electron chi connectivity index (χ1n) is 6.34. The van der Waals surface area contributed by atoms with E-state index in [2.05, 4.69) is 10.3 Å². The molecule has 0 aliphatic heterocycles. The number of hydrogen-bond donors (Lipinski definition) is 2. The maximum Gasteiger partial charge on any atom is 0.310 e. The number of carboxylic acid groups (broad SMARTS) is 1. The van der Waals surface area contributed by atoms with E-state index in [4.69, 9.17) is 0 Å². The number of nitrogens with zero attached hydrogens (tertiary/aromatic N) is 1. The Morgan fingerprint density at radius 2 is 2.05 bits per heavy atom. The fourth-order valence-electron chi connectivity index (χ4n) is 1.92. The topological polar surface area (TPSA) is 79.3 Å². The molecule has 106 valence electrons. The quantitative estimate of drug-likeness (QED) is 0.805. The number of hydrogen-bond acceptors (Lipinski definition) is 4. The number of aromatic nitrogens is 1. The molecule has 0 saturated carbocycles. The summed E-state index contributed by atoms with van der Waals surface area (Å²) in [4.78, 5) is 28.3.